The minimum atomic E-state index is -1.00. The van der Waals surface area contributed by atoms with Gasteiger partial charge in [0, 0.05) is 39.0 Å². The lowest BCUT2D eigenvalue weighted by molar-refractivity contribution is -0.150. The molecule has 212 valence electrons. The second-order valence-corrected chi connectivity index (χ2v) is 12.6. The van der Waals surface area contributed by atoms with Crippen molar-refractivity contribution >= 4 is 23.2 Å². The number of carbonyl (C=O) groups excluding carboxylic acids is 3. The fourth-order valence-corrected chi connectivity index (χ4v) is 8.50. The number of allylic oxidation sites excluding steroid dienone is 4. The summed E-state index contributed by atoms with van der Waals surface area (Å²) in [6.07, 6.45) is 6.31. The van der Waals surface area contributed by atoms with Crippen LogP contribution in [0, 0.1) is 40.4 Å². The Morgan fingerprint density at radius 3 is 2.55 bits per heavy atom. The lowest BCUT2D eigenvalue weighted by Gasteiger charge is -2.55. The minimum absolute atomic E-state index is 0.0801. The van der Waals surface area contributed by atoms with Crippen molar-refractivity contribution in [1.82, 2.24) is 0 Å². The summed E-state index contributed by atoms with van der Waals surface area (Å²) in [4.78, 5) is 40.2. The Hall–Kier alpha value is -3.17. The Bertz CT molecular complexity index is 1340. The highest BCUT2D eigenvalue weighted by Crippen LogP contribution is 2.70. The number of anilines is 1. The van der Waals surface area contributed by atoms with Crippen molar-refractivity contribution in [1.29, 1.82) is 0 Å². The molecule has 0 aromatic heterocycles. The normalized spacial score (nSPS) is 32.6. The van der Waals surface area contributed by atoms with Crippen LogP contribution in [0.5, 0.6) is 0 Å². The van der Waals surface area contributed by atoms with E-state index >= 15 is 0 Å². The van der Waals surface area contributed by atoms with E-state index < -0.39 is 16.8 Å². The number of hydrogen-bond donors (Lipinski definition) is 1. The van der Waals surface area contributed by atoms with Gasteiger partial charge >= 0.3 is 5.97 Å². The first-order valence-corrected chi connectivity index (χ1v) is 14.5. The van der Waals surface area contributed by atoms with E-state index in [-0.39, 0.29) is 48.5 Å². The average molecular weight is 544 g/mol. The molecule has 0 saturated heterocycles. The quantitative estimate of drug-likeness (QED) is 0.415. The molecule has 4 aliphatic carbocycles. The van der Waals surface area contributed by atoms with Gasteiger partial charge in [0.25, 0.3) is 0 Å². The Balaban J connectivity index is 1.69. The molecule has 0 spiro atoms. The van der Waals surface area contributed by atoms with Crippen LogP contribution in [0.3, 0.4) is 0 Å². The zero-order valence-electron chi connectivity index (χ0n) is 24.4. The molecule has 0 radical (unpaired) electrons. The van der Waals surface area contributed by atoms with Gasteiger partial charge in [-0.1, -0.05) is 43.4 Å². The number of ether oxygens (including phenoxy) is 1. The summed E-state index contributed by atoms with van der Waals surface area (Å²) in [5, 5.41) is 9.68. The third-order valence-corrected chi connectivity index (χ3v) is 10.4. The van der Waals surface area contributed by atoms with Crippen molar-refractivity contribution in [2.24, 2.45) is 28.6 Å². The van der Waals surface area contributed by atoms with E-state index in [9.17, 15) is 19.5 Å². The van der Waals surface area contributed by atoms with E-state index in [4.69, 9.17) is 4.74 Å². The topological polar surface area (TPSA) is 83.9 Å². The summed E-state index contributed by atoms with van der Waals surface area (Å²) in [5.41, 5.74) is 4.88. The van der Waals surface area contributed by atoms with Crippen LogP contribution in [-0.2, 0) is 19.1 Å². The number of Topliss-reactive ketones (excluding diaryl/α,β-unsaturated/α-hetero) is 1. The smallest absolute Gasteiger partial charge is 0.303 e. The molecular formula is C34H41NO5. The van der Waals surface area contributed by atoms with E-state index in [1.165, 1.54) is 29.2 Å². The van der Waals surface area contributed by atoms with Crippen molar-refractivity contribution in [2.75, 3.05) is 32.2 Å². The van der Waals surface area contributed by atoms with E-state index in [2.05, 4.69) is 54.9 Å². The molecule has 2 fully saturated rings. The molecule has 1 N–H and O–H groups in total. The zero-order valence-corrected chi connectivity index (χ0v) is 24.4. The number of ketones is 2. The highest BCUT2D eigenvalue weighted by molar-refractivity contribution is 5.93. The Morgan fingerprint density at radius 2 is 1.90 bits per heavy atom. The van der Waals surface area contributed by atoms with Gasteiger partial charge in [-0.2, -0.15) is 0 Å². The first-order valence-electron chi connectivity index (χ1n) is 14.5. The van der Waals surface area contributed by atoms with Gasteiger partial charge in [0.2, 0.25) is 0 Å². The number of rotatable bonds is 5. The number of hydrogen-bond acceptors (Lipinski definition) is 6. The Morgan fingerprint density at radius 1 is 1.18 bits per heavy atom. The minimum Gasteiger partial charge on any atom is -0.458 e. The predicted molar refractivity (Wildman–Crippen MR) is 155 cm³/mol. The van der Waals surface area contributed by atoms with Crippen LogP contribution in [0.1, 0.15) is 70.8 Å². The third-order valence-electron chi connectivity index (χ3n) is 10.4. The highest BCUT2D eigenvalue weighted by Gasteiger charge is 2.66. The second-order valence-electron chi connectivity index (χ2n) is 12.6. The summed E-state index contributed by atoms with van der Waals surface area (Å²) in [5.74, 6) is 6.50. The van der Waals surface area contributed by atoms with Crippen molar-refractivity contribution in [2.45, 2.75) is 65.2 Å². The fraction of sp³-hybridized carbons (Fsp3) is 0.559. The van der Waals surface area contributed by atoms with Gasteiger partial charge < -0.3 is 14.7 Å². The monoisotopic (exact) mass is 543 g/mol. The van der Waals surface area contributed by atoms with E-state index in [0.717, 1.165) is 31.4 Å². The maximum Gasteiger partial charge on any atom is 0.303 e. The molecule has 1 unspecified atom stereocenters. The Labute approximate surface area is 237 Å². The molecule has 4 aliphatic rings. The largest absolute Gasteiger partial charge is 0.458 e. The van der Waals surface area contributed by atoms with Crippen LogP contribution >= 0.6 is 0 Å². The number of esters is 1. The SMILES string of the molecule is CC(=O)OCC(=O)[C@@]1(C#CCO)CC[C@H]2[C@@H]3CC(C)C4=CC(=O)CCC4=C3[C@@H](c3ccc(N(C)C)cc3)C[C@@]21C. The Kier molecular flexibility index (Phi) is 7.56. The van der Waals surface area contributed by atoms with Crippen molar-refractivity contribution in [3.8, 4) is 11.8 Å². The van der Waals surface area contributed by atoms with Gasteiger partial charge in [0.15, 0.2) is 18.2 Å². The van der Waals surface area contributed by atoms with Crippen LogP contribution < -0.4 is 4.90 Å². The summed E-state index contributed by atoms with van der Waals surface area (Å²) in [6, 6.07) is 8.71. The van der Waals surface area contributed by atoms with Crippen LogP contribution in [0.2, 0.25) is 0 Å². The van der Waals surface area contributed by atoms with Gasteiger partial charge in [0.1, 0.15) is 6.61 Å². The maximum absolute atomic E-state index is 14.0. The van der Waals surface area contributed by atoms with E-state index in [0.29, 0.717) is 12.8 Å². The molecule has 1 aromatic rings. The number of benzene rings is 1. The standard InChI is InChI=1S/C34H41NO5/c1-21-17-28-30-13-15-34(14-6-16-36,31(39)20-40-22(2)37)33(30,3)19-29(23-7-9-24(10-8-23)35(4)5)32(28)26-12-11-25(38)18-27(21)26/h7-10,18,21,28-30,36H,11-13,15-17,19-20H2,1-5H3/t21?,28-,29+,30-,33-,34+/m0/s1. The lowest BCUT2D eigenvalue weighted by Crippen LogP contribution is -2.52. The molecule has 6 heteroatoms. The van der Waals surface area contributed by atoms with Gasteiger partial charge in [-0.15, -0.1) is 0 Å². The first-order chi connectivity index (χ1) is 19.0. The molecule has 6 atom stereocenters. The third kappa shape index (κ3) is 4.53. The molecule has 0 heterocycles. The molecule has 5 rings (SSSR count). The maximum atomic E-state index is 14.0. The number of nitrogens with zero attached hydrogens (tertiary/aromatic N) is 1. The predicted octanol–water partition coefficient (Wildman–Crippen LogP) is 5.01. The second kappa shape index (κ2) is 10.7. The van der Waals surface area contributed by atoms with E-state index in [1.807, 2.05) is 20.2 Å². The van der Waals surface area contributed by atoms with Crippen LogP contribution in [0.4, 0.5) is 5.69 Å². The van der Waals surface area contributed by atoms with Crippen molar-refractivity contribution in [3.05, 3.63) is 52.6 Å². The van der Waals surface area contributed by atoms with Crippen LogP contribution in [0.25, 0.3) is 0 Å². The fourth-order valence-electron chi connectivity index (χ4n) is 8.50. The molecular weight excluding hydrogens is 502 g/mol. The van der Waals surface area contributed by atoms with Gasteiger partial charge in [-0.05, 0) is 90.2 Å². The molecule has 6 nitrogen and oxygen atoms in total. The summed E-state index contributed by atoms with van der Waals surface area (Å²) in [6.45, 7) is 5.13. The molecule has 0 bridgehead atoms. The number of aliphatic hydroxyl groups excluding tert-OH is 1. The van der Waals surface area contributed by atoms with Crippen molar-refractivity contribution in [3.63, 3.8) is 0 Å². The number of fused-ring (bicyclic) bond motifs is 4. The van der Waals surface area contributed by atoms with Crippen LogP contribution in [-0.4, -0.2) is 50.0 Å². The number of aliphatic hydroxyl groups is 1. The summed E-state index contributed by atoms with van der Waals surface area (Å²) < 4.78 is 5.23. The molecule has 0 aliphatic heterocycles. The van der Waals surface area contributed by atoms with Gasteiger partial charge in [0.05, 0.1) is 5.41 Å². The van der Waals surface area contributed by atoms with Gasteiger partial charge in [-0.25, -0.2) is 0 Å². The number of carbonyl (C=O) groups is 3. The molecule has 1 aromatic carbocycles. The summed E-state index contributed by atoms with van der Waals surface area (Å²) >= 11 is 0. The van der Waals surface area contributed by atoms with Crippen LogP contribution in [0.15, 0.2) is 47.1 Å². The van der Waals surface area contributed by atoms with Crippen molar-refractivity contribution < 1.29 is 24.2 Å². The lowest BCUT2D eigenvalue weighted by atomic mass is 9.47. The highest BCUT2D eigenvalue weighted by atomic mass is 16.5. The zero-order chi connectivity index (χ0) is 28.8. The molecule has 40 heavy (non-hydrogen) atoms. The van der Waals surface area contributed by atoms with E-state index in [1.54, 1.807) is 0 Å². The first kappa shape index (κ1) is 28.4. The molecule has 2 saturated carbocycles. The molecule has 0 amide bonds. The average Bonchev–Trinajstić information content (AvgIpc) is 3.23. The summed E-state index contributed by atoms with van der Waals surface area (Å²) in [7, 11) is 4.06. The van der Waals surface area contributed by atoms with Gasteiger partial charge in [-0.3, -0.25) is 14.4 Å².